The maximum atomic E-state index is 6.21. The minimum Gasteiger partial charge on any atom is -0.297 e. The maximum Gasteiger partial charge on any atom is 0.0513 e. The summed E-state index contributed by atoms with van der Waals surface area (Å²) in [5.41, 5.74) is 4.47. The van der Waals surface area contributed by atoms with Crippen LogP contribution in [0.3, 0.4) is 0 Å². The van der Waals surface area contributed by atoms with Crippen LogP contribution in [-0.4, -0.2) is 29.4 Å². The van der Waals surface area contributed by atoms with Gasteiger partial charge in [-0.05, 0) is 66.8 Å². The molecule has 0 aromatic carbocycles. The Kier molecular flexibility index (Phi) is 14.7. The zero-order chi connectivity index (χ0) is 20.8. The van der Waals surface area contributed by atoms with E-state index in [1.807, 2.05) is 0 Å². The van der Waals surface area contributed by atoms with Crippen molar-refractivity contribution in [2.75, 3.05) is 7.05 Å². The monoisotopic (exact) mass is 393 g/mol. The van der Waals surface area contributed by atoms with E-state index in [0.717, 1.165) is 25.7 Å². The minimum atomic E-state index is 0.149. The molecule has 0 heterocycles. The molecular weight excluding hydrogens is 350 g/mol. The minimum absolute atomic E-state index is 0.149. The Balaban J connectivity index is 5.00. The van der Waals surface area contributed by atoms with Gasteiger partial charge in [0.2, 0.25) is 0 Å². The van der Waals surface area contributed by atoms with E-state index >= 15 is 0 Å². The van der Waals surface area contributed by atoms with E-state index in [1.54, 1.807) is 5.57 Å². The molecule has 0 aliphatic carbocycles. The van der Waals surface area contributed by atoms with Gasteiger partial charge in [-0.3, -0.25) is 4.90 Å². The number of halogens is 1. The van der Waals surface area contributed by atoms with E-state index in [-0.39, 0.29) is 5.38 Å². The Bertz CT molecular complexity index is 512. The van der Waals surface area contributed by atoms with Crippen molar-refractivity contribution in [3.8, 4) is 0 Å². The Morgan fingerprint density at radius 3 is 2.30 bits per heavy atom. The zero-order valence-electron chi connectivity index (χ0n) is 19.2. The predicted molar refractivity (Wildman–Crippen MR) is 126 cm³/mol. The molecule has 1 nitrogen and oxygen atoms in total. The van der Waals surface area contributed by atoms with Crippen LogP contribution in [0.15, 0.2) is 47.1 Å². The molecule has 0 spiro atoms. The zero-order valence-corrected chi connectivity index (χ0v) is 19.9. The highest BCUT2D eigenvalue weighted by atomic mass is 35.5. The SMILES string of the molecule is C/C=C(\CC=CC(Cl)CC)C(C)N(C)C(C)C/C(=C/C=C(\C)CC)CCC. The first-order valence-corrected chi connectivity index (χ1v) is 11.3. The number of hydrogen-bond acceptors (Lipinski definition) is 1. The standard InChI is InChI=1S/C25H44ClN/c1-9-14-23(18-17-20(5)10-2)19-21(6)27(8)22(7)24(11-3)15-13-16-25(26)12-4/h11,13,16-18,21-22,25H,9-10,12,14-15,19H2,1-8H3/b16-13?,20-17+,23-18+,24-11+. The van der Waals surface area contributed by atoms with Crippen LogP contribution in [-0.2, 0) is 0 Å². The van der Waals surface area contributed by atoms with Crippen LogP contribution in [0, 0.1) is 0 Å². The van der Waals surface area contributed by atoms with Crippen LogP contribution in [0.2, 0.25) is 0 Å². The number of allylic oxidation sites excluding steroid dienone is 6. The molecule has 0 amide bonds. The highest BCUT2D eigenvalue weighted by molar-refractivity contribution is 6.21. The summed E-state index contributed by atoms with van der Waals surface area (Å²) in [6.07, 6.45) is 17.9. The number of alkyl halides is 1. The summed E-state index contributed by atoms with van der Waals surface area (Å²) in [7, 11) is 2.26. The van der Waals surface area contributed by atoms with Crippen molar-refractivity contribution in [2.45, 2.75) is 104 Å². The molecule has 0 rings (SSSR count). The molecule has 0 aliphatic rings. The van der Waals surface area contributed by atoms with Gasteiger partial charge in [0.1, 0.15) is 0 Å². The van der Waals surface area contributed by atoms with Gasteiger partial charge in [0.05, 0.1) is 5.38 Å². The second-order valence-corrected chi connectivity index (χ2v) is 8.32. The summed E-state index contributed by atoms with van der Waals surface area (Å²) >= 11 is 6.21. The Morgan fingerprint density at radius 2 is 1.78 bits per heavy atom. The number of hydrogen-bond donors (Lipinski definition) is 0. The quantitative estimate of drug-likeness (QED) is 0.173. The first-order valence-electron chi connectivity index (χ1n) is 10.8. The fourth-order valence-electron chi connectivity index (χ4n) is 3.14. The Hall–Kier alpha value is -0.790. The summed E-state index contributed by atoms with van der Waals surface area (Å²) in [5, 5.41) is 0.149. The summed E-state index contributed by atoms with van der Waals surface area (Å²) in [6, 6.07) is 0.948. The number of likely N-dealkylation sites (N-methyl/N-ethyl adjacent to an activating group) is 1. The van der Waals surface area contributed by atoms with E-state index in [4.69, 9.17) is 11.6 Å². The highest BCUT2D eigenvalue weighted by Crippen LogP contribution is 2.22. The summed E-state index contributed by atoms with van der Waals surface area (Å²) < 4.78 is 0. The first kappa shape index (κ1) is 26.2. The lowest BCUT2D eigenvalue weighted by atomic mass is 9.97. The van der Waals surface area contributed by atoms with Gasteiger partial charge in [-0.25, -0.2) is 0 Å². The van der Waals surface area contributed by atoms with E-state index in [0.29, 0.717) is 12.1 Å². The Labute approximate surface area is 175 Å². The molecule has 0 radical (unpaired) electrons. The number of nitrogens with zero attached hydrogens (tertiary/aromatic N) is 1. The summed E-state index contributed by atoms with van der Waals surface area (Å²) in [4.78, 5) is 2.51. The van der Waals surface area contributed by atoms with Gasteiger partial charge in [0.25, 0.3) is 0 Å². The second-order valence-electron chi connectivity index (χ2n) is 7.76. The van der Waals surface area contributed by atoms with Crippen LogP contribution >= 0.6 is 11.6 Å². The van der Waals surface area contributed by atoms with E-state index in [2.05, 4.69) is 90.8 Å². The van der Waals surface area contributed by atoms with Crippen molar-refractivity contribution < 1.29 is 0 Å². The molecule has 0 fully saturated rings. The van der Waals surface area contributed by atoms with Crippen molar-refractivity contribution >= 4 is 11.6 Å². The van der Waals surface area contributed by atoms with Crippen molar-refractivity contribution in [3.63, 3.8) is 0 Å². The van der Waals surface area contributed by atoms with E-state index in [1.165, 1.54) is 24.0 Å². The molecule has 3 unspecified atom stereocenters. The van der Waals surface area contributed by atoms with Crippen molar-refractivity contribution in [1.82, 2.24) is 4.90 Å². The van der Waals surface area contributed by atoms with Crippen LogP contribution in [0.4, 0.5) is 0 Å². The van der Waals surface area contributed by atoms with Gasteiger partial charge in [-0.1, -0.05) is 74.3 Å². The van der Waals surface area contributed by atoms with Gasteiger partial charge >= 0.3 is 0 Å². The molecule has 0 aliphatic heterocycles. The van der Waals surface area contributed by atoms with E-state index < -0.39 is 0 Å². The van der Waals surface area contributed by atoms with Crippen LogP contribution in [0.5, 0.6) is 0 Å². The molecule has 3 atom stereocenters. The molecule has 0 bridgehead atoms. The largest absolute Gasteiger partial charge is 0.297 e. The lowest BCUT2D eigenvalue weighted by Crippen LogP contribution is -2.38. The van der Waals surface area contributed by atoms with Gasteiger partial charge in [0, 0.05) is 12.1 Å². The molecule has 0 saturated carbocycles. The fraction of sp³-hybridized carbons (Fsp3) is 0.680. The second kappa shape index (κ2) is 15.2. The average Bonchev–Trinajstić information content (AvgIpc) is 2.67. The summed E-state index contributed by atoms with van der Waals surface area (Å²) in [5.74, 6) is 0. The fourth-order valence-corrected chi connectivity index (χ4v) is 3.24. The van der Waals surface area contributed by atoms with Crippen molar-refractivity contribution in [2.24, 2.45) is 0 Å². The van der Waals surface area contributed by atoms with Gasteiger partial charge in [0.15, 0.2) is 0 Å². The molecule has 0 aromatic heterocycles. The molecule has 156 valence electrons. The van der Waals surface area contributed by atoms with Crippen LogP contribution in [0.1, 0.15) is 87.0 Å². The van der Waals surface area contributed by atoms with Crippen molar-refractivity contribution in [1.29, 1.82) is 0 Å². The third-order valence-corrected chi connectivity index (χ3v) is 6.05. The third kappa shape index (κ3) is 11.0. The lowest BCUT2D eigenvalue weighted by molar-refractivity contribution is 0.214. The Morgan fingerprint density at radius 1 is 1.11 bits per heavy atom. The van der Waals surface area contributed by atoms with Crippen molar-refractivity contribution in [3.05, 3.63) is 47.1 Å². The van der Waals surface area contributed by atoms with Gasteiger partial charge < -0.3 is 0 Å². The normalized spacial score (nSPS) is 17.6. The topological polar surface area (TPSA) is 3.24 Å². The predicted octanol–water partition coefficient (Wildman–Crippen LogP) is 8.08. The molecule has 27 heavy (non-hydrogen) atoms. The third-order valence-electron chi connectivity index (χ3n) is 5.59. The molecule has 0 saturated heterocycles. The molecule has 0 aromatic rings. The van der Waals surface area contributed by atoms with Crippen LogP contribution in [0.25, 0.3) is 0 Å². The molecular formula is C25H44ClN. The van der Waals surface area contributed by atoms with E-state index in [9.17, 15) is 0 Å². The lowest BCUT2D eigenvalue weighted by Gasteiger charge is -2.33. The van der Waals surface area contributed by atoms with Crippen LogP contribution < -0.4 is 0 Å². The molecule has 0 N–H and O–H groups in total. The first-order chi connectivity index (χ1) is 12.8. The summed E-state index contributed by atoms with van der Waals surface area (Å²) in [6.45, 7) is 15.6. The smallest absolute Gasteiger partial charge is 0.0513 e. The van der Waals surface area contributed by atoms with Gasteiger partial charge in [-0.2, -0.15) is 0 Å². The maximum absolute atomic E-state index is 6.21. The molecule has 2 heteroatoms. The number of rotatable bonds is 13. The van der Waals surface area contributed by atoms with Gasteiger partial charge in [-0.15, -0.1) is 11.6 Å². The average molecular weight is 394 g/mol. The highest BCUT2D eigenvalue weighted by Gasteiger charge is 2.19.